The molecule has 1 spiro atoms. The standard InChI is InChI=1S/C46H47F4N7O10/c1-26(46(48,49)50)55(24-27-8-10-29(47)11-9-27)39(61)25-56-43(65)45(67-44(56)66)19-18-28-22-31(13-15-34(28)45)53-37(59)7-5-21-52-36(58)6-3-2-4-20-51-30-12-14-32-33(23-30)42(64)57(41(32)63)35-16-17-38(60)54-40(35)62/h8-15,22-23,26,35,51H,2-7,16-21,24-25H2,1H3,(H,52,58)(H,53,59)(H,54,60,62)/t26-,35?,45-/m1/s1. The van der Waals surface area contributed by atoms with Gasteiger partial charge >= 0.3 is 12.3 Å². The predicted molar refractivity (Wildman–Crippen MR) is 228 cm³/mol. The van der Waals surface area contributed by atoms with Crippen LogP contribution in [0.15, 0.2) is 60.7 Å². The molecule has 0 saturated carbocycles. The van der Waals surface area contributed by atoms with Gasteiger partial charge in [-0.3, -0.25) is 48.6 Å². The summed E-state index contributed by atoms with van der Waals surface area (Å²) in [5.74, 6) is -5.52. The number of aryl methyl sites for hydroxylation is 1. The number of hydrogen-bond acceptors (Lipinski definition) is 11. The minimum atomic E-state index is -4.84. The van der Waals surface area contributed by atoms with Crippen molar-refractivity contribution in [1.82, 2.24) is 25.3 Å². The highest BCUT2D eigenvalue weighted by atomic mass is 19.4. The van der Waals surface area contributed by atoms with Crippen LogP contribution in [0.2, 0.25) is 0 Å². The Morgan fingerprint density at radius 1 is 0.851 bits per heavy atom. The molecule has 0 radical (unpaired) electrons. The molecule has 9 amide bonds. The molecule has 4 N–H and O–H groups in total. The quantitative estimate of drug-likeness (QED) is 0.0769. The number of carbonyl (C=O) groups excluding carboxylic acids is 9. The van der Waals surface area contributed by atoms with Gasteiger partial charge in [0.15, 0.2) is 0 Å². The first kappa shape index (κ1) is 47.8. The highest BCUT2D eigenvalue weighted by molar-refractivity contribution is 6.23. The highest BCUT2D eigenvalue weighted by Crippen LogP contribution is 2.46. The molecule has 354 valence electrons. The molecule has 2 fully saturated rings. The van der Waals surface area contributed by atoms with E-state index in [1.165, 1.54) is 30.3 Å². The molecule has 3 aliphatic heterocycles. The Kier molecular flexibility index (Phi) is 14.1. The van der Waals surface area contributed by atoms with Crippen molar-refractivity contribution in [2.45, 2.75) is 102 Å². The highest BCUT2D eigenvalue weighted by Gasteiger charge is 2.59. The lowest BCUT2D eigenvalue weighted by atomic mass is 9.94. The van der Waals surface area contributed by atoms with Crippen molar-refractivity contribution >= 4 is 64.7 Å². The molecule has 67 heavy (non-hydrogen) atoms. The smallest absolute Gasteiger partial charge is 0.418 e. The van der Waals surface area contributed by atoms with Crippen LogP contribution in [0, 0.1) is 5.82 Å². The molecule has 3 atom stereocenters. The van der Waals surface area contributed by atoms with Crippen molar-refractivity contribution in [2.75, 3.05) is 30.3 Å². The first-order valence-electron chi connectivity index (χ1n) is 21.8. The van der Waals surface area contributed by atoms with Crippen LogP contribution >= 0.6 is 0 Å². The van der Waals surface area contributed by atoms with Crippen molar-refractivity contribution < 1.29 is 65.4 Å². The third-order valence-corrected chi connectivity index (χ3v) is 12.2. The van der Waals surface area contributed by atoms with Gasteiger partial charge in [0, 0.05) is 62.3 Å². The number of halogens is 4. The van der Waals surface area contributed by atoms with Gasteiger partial charge in [0.05, 0.1) is 11.1 Å². The second-order valence-electron chi connectivity index (χ2n) is 16.8. The van der Waals surface area contributed by atoms with Gasteiger partial charge in [-0.1, -0.05) is 24.6 Å². The third kappa shape index (κ3) is 10.4. The zero-order valence-electron chi connectivity index (χ0n) is 36.3. The van der Waals surface area contributed by atoms with Crippen LogP contribution in [0.25, 0.3) is 0 Å². The first-order chi connectivity index (χ1) is 31.9. The lowest BCUT2D eigenvalue weighted by molar-refractivity contribution is -0.187. The molecular weight excluding hydrogens is 887 g/mol. The van der Waals surface area contributed by atoms with E-state index < -0.39 is 84.3 Å². The second-order valence-corrected chi connectivity index (χ2v) is 16.8. The minimum absolute atomic E-state index is 0.00226. The predicted octanol–water partition coefficient (Wildman–Crippen LogP) is 4.83. The van der Waals surface area contributed by atoms with Gasteiger partial charge in [-0.05, 0) is 92.6 Å². The molecule has 0 bridgehead atoms. The van der Waals surface area contributed by atoms with Gasteiger partial charge in [0.2, 0.25) is 35.1 Å². The fourth-order valence-electron chi connectivity index (χ4n) is 8.55. The van der Waals surface area contributed by atoms with Crippen LogP contribution in [-0.4, -0.2) is 106 Å². The maximum absolute atomic E-state index is 13.8. The SMILES string of the molecule is C[C@@H](N(Cc1ccc(F)cc1)C(=O)CN1C(=O)O[C@@]2(CCc3cc(NC(=O)CCCNC(=O)CCCCCNc4ccc5c(c4)C(=O)N(C4CCC(=O)NC4=O)C5=O)ccc32)C1=O)C(F)(F)F. The van der Waals surface area contributed by atoms with Gasteiger partial charge in [-0.25, -0.2) is 14.1 Å². The number of imide groups is 3. The fraction of sp³-hybridized carbons (Fsp3) is 0.413. The van der Waals surface area contributed by atoms with Gasteiger partial charge in [-0.2, -0.15) is 13.2 Å². The Hall–Kier alpha value is -7.19. The summed E-state index contributed by atoms with van der Waals surface area (Å²) in [5.41, 5.74) is 0.667. The van der Waals surface area contributed by atoms with Crippen molar-refractivity contribution in [2.24, 2.45) is 0 Å². The van der Waals surface area contributed by atoms with Crippen molar-refractivity contribution in [3.05, 3.63) is 94.3 Å². The number of rotatable bonds is 18. The molecule has 3 heterocycles. The molecule has 3 aromatic rings. The monoisotopic (exact) mass is 933 g/mol. The Balaban J connectivity index is 0.804. The normalized spacial score (nSPS) is 19.3. The maximum atomic E-state index is 13.8. The molecule has 0 aromatic heterocycles. The lowest BCUT2D eigenvalue weighted by Gasteiger charge is -2.31. The van der Waals surface area contributed by atoms with Crippen molar-refractivity contribution in [3.8, 4) is 0 Å². The largest absolute Gasteiger partial charge is 0.427 e. The summed E-state index contributed by atoms with van der Waals surface area (Å²) >= 11 is 0. The summed E-state index contributed by atoms with van der Waals surface area (Å²) in [6.45, 7) is -0.0269. The molecular formula is C46H47F4N7O10. The van der Waals surface area contributed by atoms with E-state index >= 15 is 0 Å². The van der Waals surface area contributed by atoms with Crippen LogP contribution in [-0.2, 0) is 52.1 Å². The van der Waals surface area contributed by atoms with Crippen molar-refractivity contribution in [3.63, 3.8) is 0 Å². The number of anilines is 2. The van der Waals surface area contributed by atoms with Crippen molar-refractivity contribution in [1.29, 1.82) is 0 Å². The van der Waals surface area contributed by atoms with E-state index in [0.29, 0.717) is 64.5 Å². The van der Waals surface area contributed by atoms with Crippen LogP contribution < -0.4 is 21.3 Å². The number of nitrogens with zero attached hydrogens (tertiary/aromatic N) is 3. The molecule has 4 aliphatic rings. The van der Waals surface area contributed by atoms with E-state index in [4.69, 9.17) is 4.74 Å². The maximum Gasteiger partial charge on any atom is 0.418 e. The zero-order valence-corrected chi connectivity index (χ0v) is 36.3. The Bertz CT molecular complexity index is 2520. The zero-order chi connectivity index (χ0) is 48.2. The fourth-order valence-corrected chi connectivity index (χ4v) is 8.55. The molecule has 1 aliphatic carbocycles. The van der Waals surface area contributed by atoms with Gasteiger partial charge < -0.3 is 25.6 Å². The van der Waals surface area contributed by atoms with Crippen LogP contribution in [0.1, 0.15) is 102 Å². The number of hydrogen-bond donors (Lipinski definition) is 4. The van der Waals surface area contributed by atoms with E-state index in [1.54, 1.807) is 18.2 Å². The summed E-state index contributed by atoms with van der Waals surface area (Å²) in [4.78, 5) is 117. The first-order valence-corrected chi connectivity index (χ1v) is 21.8. The summed E-state index contributed by atoms with van der Waals surface area (Å²) in [5, 5.41) is 10.9. The summed E-state index contributed by atoms with van der Waals surface area (Å²) in [6, 6.07) is 10.6. The van der Waals surface area contributed by atoms with Crippen LogP contribution in [0.3, 0.4) is 0 Å². The van der Waals surface area contributed by atoms with Gasteiger partial charge in [0.25, 0.3) is 17.7 Å². The number of unbranched alkanes of at least 4 members (excludes halogenated alkanes) is 2. The topological polar surface area (TPSA) is 221 Å². The number of fused-ring (bicyclic) bond motifs is 3. The number of alkyl halides is 3. The molecule has 3 aromatic carbocycles. The Labute approximate surface area is 380 Å². The average molecular weight is 934 g/mol. The average Bonchev–Trinajstić information content (AvgIpc) is 3.85. The van der Waals surface area contributed by atoms with E-state index in [1.807, 2.05) is 0 Å². The summed E-state index contributed by atoms with van der Waals surface area (Å²) < 4.78 is 60.4. The molecule has 1 unspecified atom stereocenters. The van der Waals surface area contributed by atoms with E-state index in [9.17, 15) is 60.7 Å². The molecule has 17 nitrogen and oxygen atoms in total. The minimum Gasteiger partial charge on any atom is -0.427 e. The Morgan fingerprint density at radius 2 is 1.57 bits per heavy atom. The number of nitrogens with one attached hydrogen (secondary N) is 4. The van der Waals surface area contributed by atoms with Crippen LogP contribution in [0.5, 0.6) is 0 Å². The Morgan fingerprint density at radius 3 is 2.30 bits per heavy atom. The third-order valence-electron chi connectivity index (χ3n) is 12.2. The number of benzene rings is 3. The lowest BCUT2D eigenvalue weighted by Crippen LogP contribution is -2.54. The second kappa shape index (κ2) is 19.7. The molecule has 21 heteroatoms. The number of piperidine rings is 1. The number of ether oxygens (including phenoxy) is 1. The van der Waals surface area contributed by atoms with E-state index in [-0.39, 0.29) is 73.6 Å². The van der Waals surface area contributed by atoms with Crippen LogP contribution in [0.4, 0.5) is 33.7 Å². The summed E-state index contributed by atoms with van der Waals surface area (Å²) in [7, 11) is 0. The number of carbonyl (C=O) groups is 9. The summed E-state index contributed by atoms with van der Waals surface area (Å²) in [6.07, 6.45) is -2.97. The van der Waals surface area contributed by atoms with E-state index in [0.717, 1.165) is 24.0 Å². The molecule has 2 saturated heterocycles. The molecule has 7 rings (SSSR count). The van der Waals surface area contributed by atoms with E-state index in [2.05, 4.69) is 21.3 Å². The number of amides is 9. The van der Waals surface area contributed by atoms with Gasteiger partial charge in [0.1, 0.15) is 24.4 Å². The van der Waals surface area contributed by atoms with Gasteiger partial charge in [-0.15, -0.1) is 0 Å².